The molecule has 4 bridgehead atoms. The van der Waals surface area contributed by atoms with Crippen molar-refractivity contribution in [2.24, 2.45) is 16.2 Å². The predicted octanol–water partition coefficient (Wildman–Crippen LogP) is 3.93. The Bertz CT molecular complexity index is 453. The van der Waals surface area contributed by atoms with Crippen molar-refractivity contribution in [2.75, 3.05) is 0 Å². The second-order valence-corrected chi connectivity index (χ2v) is 9.56. The van der Waals surface area contributed by atoms with Gasteiger partial charge in [-0.3, -0.25) is 4.68 Å². The summed E-state index contributed by atoms with van der Waals surface area (Å²) in [6.07, 6.45) is 12.1. The number of rotatable bonds is 2. The molecule has 4 saturated carbocycles. The molecule has 1 aromatic heterocycles. The highest BCUT2D eigenvalue weighted by Gasteiger charge is 2.64. The van der Waals surface area contributed by atoms with E-state index in [1.807, 2.05) is 12.3 Å². The third-order valence-corrected chi connectivity index (χ3v) is 6.20. The molecule has 0 radical (unpaired) electrons. The lowest BCUT2D eigenvalue weighted by atomic mass is 9.40. The van der Waals surface area contributed by atoms with E-state index < -0.39 is 0 Å². The van der Waals surface area contributed by atoms with Gasteiger partial charge in [-0.25, -0.2) is 0 Å². The van der Waals surface area contributed by atoms with Crippen LogP contribution in [0.25, 0.3) is 0 Å². The summed E-state index contributed by atoms with van der Waals surface area (Å²) in [6, 6.07) is 2.04. The van der Waals surface area contributed by atoms with Crippen molar-refractivity contribution in [3.8, 4) is 0 Å². The minimum absolute atomic E-state index is 0.283. The second-order valence-electron chi connectivity index (χ2n) is 8.61. The van der Waals surface area contributed by atoms with E-state index in [1.165, 1.54) is 38.5 Å². The molecular weight excluding hydrogens is 252 g/mol. The first-order chi connectivity index (χ1) is 8.82. The van der Waals surface area contributed by atoms with Crippen LogP contribution in [0.15, 0.2) is 18.5 Å². The van der Waals surface area contributed by atoms with Crippen molar-refractivity contribution in [3.63, 3.8) is 0 Å². The van der Waals surface area contributed by atoms with Crippen molar-refractivity contribution >= 4 is 12.6 Å². The maximum Gasteiger partial charge on any atom is 0.0489 e. The first-order valence-electron chi connectivity index (χ1n) is 7.52. The van der Waals surface area contributed by atoms with Gasteiger partial charge in [-0.05, 0) is 60.8 Å². The Labute approximate surface area is 121 Å². The van der Waals surface area contributed by atoms with E-state index in [4.69, 9.17) is 12.6 Å². The molecule has 1 heterocycles. The molecule has 0 aliphatic heterocycles. The highest BCUT2D eigenvalue weighted by atomic mass is 32.1. The van der Waals surface area contributed by atoms with E-state index >= 15 is 0 Å². The summed E-state index contributed by atoms with van der Waals surface area (Å²) in [5.41, 5.74) is 1.46. The van der Waals surface area contributed by atoms with Gasteiger partial charge in [-0.2, -0.15) is 17.7 Å². The van der Waals surface area contributed by atoms with Crippen LogP contribution < -0.4 is 0 Å². The quantitative estimate of drug-likeness (QED) is 0.810. The molecule has 5 rings (SSSR count). The zero-order valence-electron chi connectivity index (χ0n) is 12.0. The first-order valence-corrected chi connectivity index (χ1v) is 7.97. The highest BCUT2D eigenvalue weighted by Crippen LogP contribution is 2.72. The Hall–Kier alpha value is -0.440. The van der Waals surface area contributed by atoms with Gasteiger partial charge in [-0.1, -0.05) is 13.8 Å². The third kappa shape index (κ3) is 1.88. The van der Waals surface area contributed by atoms with Crippen LogP contribution in [0.1, 0.15) is 52.4 Å². The van der Waals surface area contributed by atoms with Crippen LogP contribution in [-0.4, -0.2) is 14.5 Å². The van der Waals surface area contributed by atoms with Gasteiger partial charge in [0.05, 0.1) is 0 Å². The van der Waals surface area contributed by atoms with Gasteiger partial charge >= 0.3 is 0 Å². The topological polar surface area (TPSA) is 17.8 Å². The van der Waals surface area contributed by atoms with Crippen LogP contribution in [0.3, 0.4) is 0 Å². The van der Waals surface area contributed by atoms with Crippen molar-refractivity contribution in [2.45, 2.75) is 63.7 Å². The van der Waals surface area contributed by atoms with Gasteiger partial charge in [0.2, 0.25) is 0 Å². The number of thiol groups is 1. The van der Waals surface area contributed by atoms with Crippen molar-refractivity contribution in [3.05, 3.63) is 18.5 Å². The standard InChI is InChI=1S/C16H24N2S/c1-13-6-14(2)8-15(7-13,11-16(19,9-13)10-14)12-18-5-3-4-17-18/h3-5,19H,6-12H2,1-2H3. The molecule has 0 aromatic carbocycles. The van der Waals surface area contributed by atoms with Crippen LogP contribution in [0, 0.1) is 16.2 Å². The lowest BCUT2D eigenvalue weighted by molar-refractivity contribution is -0.138. The smallest absolute Gasteiger partial charge is 0.0489 e. The van der Waals surface area contributed by atoms with Crippen molar-refractivity contribution < 1.29 is 0 Å². The Morgan fingerprint density at radius 3 is 2.26 bits per heavy atom. The molecule has 2 nitrogen and oxygen atoms in total. The lowest BCUT2D eigenvalue weighted by Gasteiger charge is -2.68. The molecule has 0 saturated heterocycles. The van der Waals surface area contributed by atoms with Crippen LogP contribution in [0.5, 0.6) is 0 Å². The van der Waals surface area contributed by atoms with E-state index in [0.29, 0.717) is 16.2 Å². The Morgan fingerprint density at radius 1 is 1.05 bits per heavy atom. The monoisotopic (exact) mass is 276 g/mol. The minimum atomic E-state index is 0.283. The molecule has 0 spiro atoms. The molecule has 3 heteroatoms. The van der Waals surface area contributed by atoms with E-state index in [9.17, 15) is 0 Å². The molecule has 2 atom stereocenters. The molecule has 0 amide bonds. The Balaban J connectivity index is 1.73. The van der Waals surface area contributed by atoms with Gasteiger partial charge in [0.1, 0.15) is 0 Å². The van der Waals surface area contributed by atoms with E-state index in [0.717, 1.165) is 6.54 Å². The largest absolute Gasteiger partial charge is 0.272 e. The van der Waals surface area contributed by atoms with Gasteiger partial charge in [0.25, 0.3) is 0 Å². The van der Waals surface area contributed by atoms with Gasteiger partial charge in [-0.15, -0.1) is 0 Å². The number of hydrogen-bond donors (Lipinski definition) is 1. The summed E-state index contributed by atoms with van der Waals surface area (Å²) in [5.74, 6) is 0. The Kier molecular flexibility index (Phi) is 2.21. The van der Waals surface area contributed by atoms with Crippen LogP contribution >= 0.6 is 12.6 Å². The molecule has 0 N–H and O–H groups in total. The van der Waals surface area contributed by atoms with Gasteiger partial charge in [0, 0.05) is 23.7 Å². The first kappa shape index (κ1) is 12.3. The van der Waals surface area contributed by atoms with Crippen LogP contribution in [-0.2, 0) is 6.54 Å². The third-order valence-electron chi connectivity index (χ3n) is 5.73. The summed E-state index contributed by atoms with van der Waals surface area (Å²) >= 11 is 5.13. The number of hydrogen-bond acceptors (Lipinski definition) is 2. The van der Waals surface area contributed by atoms with E-state index in [-0.39, 0.29) is 4.75 Å². The average Bonchev–Trinajstić information content (AvgIpc) is 2.60. The fraction of sp³-hybridized carbons (Fsp3) is 0.812. The molecule has 1 aromatic rings. The summed E-state index contributed by atoms with van der Waals surface area (Å²) in [4.78, 5) is 0. The van der Waals surface area contributed by atoms with Gasteiger partial charge in [0.15, 0.2) is 0 Å². The summed E-state index contributed by atoms with van der Waals surface area (Å²) in [7, 11) is 0. The summed E-state index contributed by atoms with van der Waals surface area (Å²) in [5, 5.41) is 4.45. The second kappa shape index (κ2) is 3.41. The van der Waals surface area contributed by atoms with E-state index in [2.05, 4.69) is 29.8 Å². The fourth-order valence-corrected chi connectivity index (χ4v) is 7.88. The van der Waals surface area contributed by atoms with Crippen molar-refractivity contribution in [1.29, 1.82) is 0 Å². The predicted molar refractivity (Wildman–Crippen MR) is 80.3 cm³/mol. The maximum atomic E-state index is 5.13. The summed E-state index contributed by atoms with van der Waals surface area (Å²) in [6.45, 7) is 6.10. The molecular formula is C16H24N2S. The average molecular weight is 276 g/mol. The Morgan fingerprint density at radius 2 is 1.74 bits per heavy atom. The van der Waals surface area contributed by atoms with Crippen LogP contribution in [0.4, 0.5) is 0 Å². The van der Waals surface area contributed by atoms with Gasteiger partial charge < -0.3 is 0 Å². The maximum absolute atomic E-state index is 5.13. The molecule has 19 heavy (non-hydrogen) atoms. The molecule has 104 valence electrons. The highest BCUT2D eigenvalue weighted by molar-refractivity contribution is 7.81. The molecule has 4 fully saturated rings. The molecule has 2 unspecified atom stereocenters. The molecule has 4 aliphatic rings. The number of aromatic nitrogens is 2. The zero-order valence-corrected chi connectivity index (χ0v) is 12.9. The summed E-state index contributed by atoms with van der Waals surface area (Å²) < 4.78 is 2.43. The lowest BCUT2D eigenvalue weighted by Crippen LogP contribution is -2.61. The SMILES string of the molecule is CC12CC3(C)CC(S)(C1)CC(Cn1cccn1)(C2)C3. The van der Waals surface area contributed by atoms with Crippen molar-refractivity contribution in [1.82, 2.24) is 9.78 Å². The van der Waals surface area contributed by atoms with E-state index in [1.54, 1.807) is 0 Å². The minimum Gasteiger partial charge on any atom is -0.272 e. The fourth-order valence-electron chi connectivity index (χ4n) is 6.78. The molecule has 4 aliphatic carbocycles. The zero-order chi connectivity index (χ0) is 13.4. The number of nitrogens with zero attached hydrogens (tertiary/aromatic N) is 2. The van der Waals surface area contributed by atoms with Crippen LogP contribution in [0.2, 0.25) is 0 Å². The normalized spacial score (nSPS) is 51.7.